The van der Waals surface area contributed by atoms with E-state index >= 15 is 0 Å². The second kappa shape index (κ2) is 8.28. The molecular weight excluding hydrogens is 328 g/mol. The van der Waals surface area contributed by atoms with Crippen molar-refractivity contribution in [1.29, 1.82) is 0 Å². The number of methoxy groups -OCH3 is 2. The molecule has 24 heavy (non-hydrogen) atoms. The highest BCUT2D eigenvalue weighted by Crippen LogP contribution is 2.28. The molecule has 1 aliphatic heterocycles. The van der Waals surface area contributed by atoms with Crippen LogP contribution in [-0.2, 0) is 4.79 Å². The Morgan fingerprint density at radius 2 is 1.75 bits per heavy atom. The third-order valence-electron chi connectivity index (χ3n) is 4.10. The van der Waals surface area contributed by atoms with Gasteiger partial charge in [0.1, 0.15) is 17.5 Å². The van der Waals surface area contributed by atoms with Crippen LogP contribution in [0.5, 0.6) is 11.5 Å². The van der Waals surface area contributed by atoms with Gasteiger partial charge >= 0.3 is 0 Å². The monoisotopic (exact) mass is 352 g/mol. The van der Waals surface area contributed by atoms with E-state index in [1.165, 1.54) is 0 Å². The molecule has 0 radical (unpaired) electrons. The summed E-state index contributed by atoms with van der Waals surface area (Å²) in [5.74, 6) is 2.07. The second-order valence-corrected chi connectivity index (χ2v) is 6.40. The zero-order valence-corrected chi connectivity index (χ0v) is 15.4. The Hall–Kier alpha value is -1.89. The van der Waals surface area contributed by atoms with Gasteiger partial charge in [0.05, 0.1) is 20.1 Å². The zero-order valence-electron chi connectivity index (χ0n) is 14.6. The third-order valence-corrected chi connectivity index (χ3v) is 5.11. The molecule has 1 aromatic carbocycles. The maximum Gasteiger partial charge on any atom is 0.255 e. The van der Waals surface area contributed by atoms with Gasteiger partial charge in [0, 0.05) is 30.5 Å². The van der Waals surface area contributed by atoms with Crippen molar-refractivity contribution >= 4 is 23.6 Å². The lowest BCUT2D eigenvalue weighted by molar-refractivity contribution is -0.134. The molecule has 2 rings (SSSR count). The molecule has 1 aliphatic rings. The summed E-state index contributed by atoms with van der Waals surface area (Å²) in [4.78, 5) is 29.0. The standard InChI is InChI=1S/C17H24N2O4S/c1-5-18(6-2)17(21)15-10-24-11-19(15)16(20)12-7-13(22-3)9-14(8-12)23-4/h7-9,15H,5-6,10-11H2,1-4H3. The number of nitrogens with zero attached hydrogens (tertiary/aromatic N) is 2. The predicted molar refractivity (Wildman–Crippen MR) is 94.8 cm³/mol. The third kappa shape index (κ3) is 3.77. The van der Waals surface area contributed by atoms with Crippen LogP contribution in [-0.4, -0.2) is 66.6 Å². The summed E-state index contributed by atoms with van der Waals surface area (Å²) in [6.07, 6.45) is 0. The molecular formula is C17H24N2O4S. The number of ether oxygens (including phenoxy) is 2. The van der Waals surface area contributed by atoms with Crippen molar-refractivity contribution in [2.75, 3.05) is 38.9 Å². The summed E-state index contributed by atoms with van der Waals surface area (Å²) in [6.45, 7) is 5.18. The van der Waals surface area contributed by atoms with Gasteiger partial charge in [-0.05, 0) is 26.0 Å². The number of benzene rings is 1. The summed E-state index contributed by atoms with van der Waals surface area (Å²) < 4.78 is 10.5. The van der Waals surface area contributed by atoms with Gasteiger partial charge in [0.2, 0.25) is 5.91 Å². The highest BCUT2D eigenvalue weighted by atomic mass is 32.2. The van der Waals surface area contributed by atoms with Crippen molar-refractivity contribution in [2.24, 2.45) is 0 Å². The Bertz CT molecular complexity index is 582. The van der Waals surface area contributed by atoms with Gasteiger partial charge in [0.15, 0.2) is 0 Å². The van der Waals surface area contributed by atoms with Crippen LogP contribution < -0.4 is 9.47 Å². The maximum absolute atomic E-state index is 12.9. The predicted octanol–water partition coefficient (Wildman–Crippen LogP) is 2.09. The van der Waals surface area contributed by atoms with E-state index in [1.807, 2.05) is 13.8 Å². The number of likely N-dealkylation sites (N-methyl/N-ethyl adjacent to an activating group) is 1. The lowest BCUT2D eigenvalue weighted by atomic mass is 10.1. The van der Waals surface area contributed by atoms with Gasteiger partial charge < -0.3 is 19.3 Å². The van der Waals surface area contributed by atoms with E-state index in [1.54, 1.807) is 54.0 Å². The number of carbonyl (C=O) groups excluding carboxylic acids is 2. The largest absolute Gasteiger partial charge is 0.497 e. The highest BCUT2D eigenvalue weighted by Gasteiger charge is 2.37. The van der Waals surface area contributed by atoms with Crippen LogP contribution in [0.3, 0.4) is 0 Å². The summed E-state index contributed by atoms with van der Waals surface area (Å²) in [5.41, 5.74) is 0.464. The highest BCUT2D eigenvalue weighted by molar-refractivity contribution is 7.99. The van der Waals surface area contributed by atoms with Crippen LogP contribution in [0.25, 0.3) is 0 Å². The minimum atomic E-state index is -0.417. The molecule has 6 nitrogen and oxygen atoms in total. The molecule has 1 heterocycles. The van der Waals surface area contributed by atoms with Crippen LogP contribution in [0.15, 0.2) is 18.2 Å². The number of carbonyl (C=O) groups is 2. The molecule has 1 fully saturated rings. The van der Waals surface area contributed by atoms with E-state index in [0.717, 1.165) is 0 Å². The average Bonchev–Trinajstić information content (AvgIpc) is 3.11. The number of hydrogen-bond donors (Lipinski definition) is 0. The van der Waals surface area contributed by atoms with Crippen molar-refractivity contribution in [1.82, 2.24) is 9.80 Å². The molecule has 1 unspecified atom stereocenters. The van der Waals surface area contributed by atoms with Gasteiger partial charge in [-0.1, -0.05) is 0 Å². The summed E-state index contributed by atoms with van der Waals surface area (Å²) in [5, 5.41) is 0. The topological polar surface area (TPSA) is 59.1 Å². The van der Waals surface area contributed by atoms with E-state index in [2.05, 4.69) is 0 Å². The maximum atomic E-state index is 12.9. The van der Waals surface area contributed by atoms with Gasteiger partial charge in [-0.15, -0.1) is 11.8 Å². The Kier molecular flexibility index (Phi) is 6.36. The van der Waals surface area contributed by atoms with E-state index in [-0.39, 0.29) is 11.8 Å². The molecule has 0 bridgehead atoms. The molecule has 0 aliphatic carbocycles. The first kappa shape index (κ1) is 18.4. The zero-order chi connectivity index (χ0) is 17.7. The number of thioether (sulfide) groups is 1. The fourth-order valence-corrected chi connectivity index (χ4v) is 3.84. The lowest BCUT2D eigenvalue weighted by Crippen LogP contribution is -2.48. The average molecular weight is 352 g/mol. The summed E-state index contributed by atoms with van der Waals surface area (Å²) in [6, 6.07) is 4.65. The smallest absolute Gasteiger partial charge is 0.255 e. The van der Waals surface area contributed by atoms with Crippen LogP contribution in [0.4, 0.5) is 0 Å². The summed E-state index contributed by atoms with van der Waals surface area (Å²) >= 11 is 1.59. The van der Waals surface area contributed by atoms with Crippen molar-refractivity contribution < 1.29 is 19.1 Å². The van der Waals surface area contributed by atoms with E-state index < -0.39 is 6.04 Å². The molecule has 132 valence electrons. The second-order valence-electron chi connectivity index (χ2n) is 5.40. The van der Waals surface area contributed by atoms with E-state index in [0.29, 0.717) is 41.8 Å². The van der Waals surface area contributed by atoms with Crippen LogP contribution in [0, 0.1) is 0 Å². The lowest BCUT2D eigenvalue weighted by Gasteiger charge is -2.28. The molecule has 0 saturated carbocycles. The van der Waals surface area contributed by atoms with Gasteiger partial charge in [-0.2, -0.15) is 0 Å². The van der Waals surface area contributed by atoms with Crippen molar-refractivity contribution in [3.63, 3.8) is 0 Å². The molecule has 0 spiro atoms. The molecule has 2 amide bonds. The first-order valence-corrected chi connectivity index (χ1v) is 9.11. The van der Waals surface area contributed by atoms with Crippen molar-refractivity contribution in [3.8, 4) is 11.5 Å². The van der Waals surface area contributed by atoms with Crippen molar-refractivity contribution in [3.05, 3.63) is 23.8 Å². The SMILES string of the molecule is CCN(CC)C(=O)C1CSCN1C(=O)c1cc(OC)cc(OC)c1. The molecule has 0 N–H and O–H groups in total. The van der Waals surface area contributed by atoms with Crippen LogP contribution in [0.2, 0.25) is 0 Å². The van der Waals surface area contributed by atoms with Gasteiger partial charge in [-0.3, -0.25) is 9.59 Å². The Labute approximate surface area is 147 Å². The van der Waals surface area contributed by atoms with Crippen LogP contribution in [0.1, 0.15) is 24.2 Å². The molecule has 7 heteroatoms. The summed E-state index contributed by atoms with van der Waals surface area (Å²) in [7, 11) is 3.09. The molecule has 1 aromatic rings. The number of hydrogen-bond acceptors (Lipinski definition) is 5. The van der Waals surface area contributed by atoms with E-state index in [9.17, 15) is 9.59 Å². The quantitative estimate of drug-likeness (QED) is 0.785. The first-order valence-electron chi connectivity index (χ1n) is 7.96. The molecule has 1 atom stereocenters. The minimum absolute atomic E-state index is 0.00760. The fourth-order valence-electron chi connectivity index (χ4n) is 2.69. The Morgan fingerprint density at radius 1 is 1.17 bits per heavy atom. The molecule has 0 aromatic heterocycles. The van der Waals surface area contributed by atoms with Gasteiger partial charge in [0.25, 0.3) is 5.91 Å². The van der Waals surface area contributed by atoms with Crippen molar-refractivity contribution in [2.45, 2.75) is 19.9 Å². The van der Waals surface area contributed by atoms with Gasteiger partial charge in [-0.25, -0.2) is 0 Å². The Balaban J connectivity index is 2.26. The molecule has 1 saturated heterocycles. The number of amides is 2. The Morgan fingerprint density at radius 3 is 2.25 bits per heavy atom. The number of rotatable bonds is 6. The first-order chi connectivity index (χ1) is 11.5. The minimum Gasteiger partial charge on any atom is -0.497 e. The van der Waals surface area contributed by atoms with E-state index in [4.69, 9.17) is 9.47 Å². The normalized spacial score (nSPS) is 16.8. The van der Waals surface area contributed by atoms with Crippen LogP contribution >= 0.6 is 11.8 Å². The fraction of sp³-hybridized carbons (Fsp3) is 0.529.